The summed E-state index contributed by atoms with van der Waals surface area (Å²) >= 11 is 0. The maximum Gasteiger partial charge on any atom is 0.236 e. The standard InChI is InChI=1S/C17H17NO4/c1-17-8-7-12(22-17)13-14(17)16(20)18(15(13)19)9-10-5-3-4-6-11(10)21-2/h3-8,12-14H,9H2,1-2H3/t12-,13+,14-,17-/m1/s1. The van der Waals surface area contributed by atoms with E-state index in [4.69, 9.17) is 9.47 Å². The number of fused-ring (bicyclic) bond motifs is 5. The van der Waals surface area contributed by atoms with Crippen LogP contribution in [0.3, 0.4) is 0 Å². The minimum absolute atomic E-state index is 0.140. The molecule has 0 aliphatic carbocycles. The van der Waals surface area contributed by atoms with E-state index in [1.807, 2.05) is 43.3 Å². The Morgan fingerprint density at radius 2 is 2.05 bits per heavy atom. The second kappa shape index (κ2) is 4.43. The van der Waals surface area contributed by atoms with E-state index < -0.39 is 11.5 Å². The molecule has 2 saturated heterocycles. The Labute approximate surface area is 128 Å². The average Bonchev–Trinajstić information content (AvgIpc) is 3.12. The molecule has 22 heavy (non-hydrogen) atoms. The molecular weight excluding hydrogens is 282 g/mol. The zero-order chi connectivity index (χ0) is 15.5. The molecule has 3 aliphatic heterocycles. The summed E-state index contributed by atoms with van der Waals surface area (Å²) < 4.78 is 11.1. The van der Waals surface area contributed by atoms with Gasteiger partial charge in [-0.25, -0.2) is 0 Å². The second-order valence-corrected chi connectivity index (χ2v) is 6.20. The molecule has 0 aromatic heterocycles. The van der Waals surface area contributed by atoms with Gasteiger partial charge in [-0.3, -0.25) is 14.5 Å². The van der Waals surface area contributed by atoms with Crippen LogP contribution >= 0.6 is 0 Å². The highest BCUT2D eigenvalue weighted by Gasteiger charge is 2.65. The summed E-state index contributed by atoms with van der Waals surface area (Å²) in [7, 11) is 1.58. The van der Waals surface area contributed by atoms with Crippen LogP contribution in [0, 0.1) is 11.8 Å². The molecule has 114 valence electrons. The van der Waals surface area contributed by atoms with Crippen molar-refractivity contribution in [1.29, 1.82) is 0 Å². The number of hydrogen-bond acceptors (Lipinski definition) is 4. The summed E-state index contributed by atoms with van der Waals surface area (Å²) in [5.41, 5.74) is 0.190. The zero-order valence-corrected chi connectivity index (χ0v) is 12.5. The average molecular weight is 299 g/mol. The summed E-state index contributed by atoms with van der Waals surface area (Å²) in [6, 6.07) is 7.44. The van der Waals surface area contributed by atoms with Crippen molar-refractivity contribution in [3.8, 4) is 5.75 Å². The topological polar surface area (TPSA) is 55.8 Å². The largest absolute Gasteiger partial charge is 0.496 e. The number of likely N-dealkylation sites (tertiary alicyclic amines) is 1. The Bertz CT molecular complexity index is 698. The molecule has 0 unspecified atom stereocenters. The summed E-state index contributed by atoms with van der Waals surface area (Å²) in [6.07, 6.45) is 3.55. The van der Waals surface area contributed by atoms with Gasteiger partial charge >= 0.3 is 0 Å². The van der Waals surface area contributed by atoms with Gasteiger partial charge in [0.1, 0.15) is 5.75 Å². The molecule has 0 radical (unpaired) electrons. The Balaban J connectivity index is 1.65. The first-order valence-electron chi connectivity index (χ1n) is 7.39. The molecule has 3 aliphatic rings. The first-order valence-corrected chi connectivity index (χ1v) is 7.39. The molecule has 0 spiro atoms. The number of carbonyl (C=O) groups is 2. The molecule has 1 aromatic carbocycles. The number of methoxy groups -OCH3 is 1. The molecule has 4 atom stereocenters. The number of nitrogens with zero attached hydrogens (tertiary/aromatic N) is 1. The quantitative estimate of drug-likeness (QED) is 0.627. The number of carbonyl (C=O) groups excluding carboxylic acids is 2. The van der Waals surface area contributed by atoms with Crippen LogP contribution in [-0.4, -0.2) is 35.5 Å². The molecule has 4 rings (SSSR count). The summed E-state index contributed by atoms with van der Waals surface area (Å²) in [6.45, 7) is 2.13. The molecule has 0 N–H and O–H groups in total. The summed E-state index contributed by atoms with van der Waals surface area (Å²) in [4.78, 5) is 26.8. The van der Waals surface area contributed by atoms with E-state index in [0.29, 0.717) is 5.75 Å². The van der Waals surface area contributed by atoms with E-state index in [9.17, 15) is 9.59 Å². The molecule has 0 saturated carbocycles. The first-order chi connectivity index (χ1) is 10.5. The normalized spacial score (nSPS) is 35.4. The van der Waals surface area contributed by atoms with E-state index in [1.165, 1.54) is 4.90 Å². The Hall–Kier alpha value is -2.14. The predicted molar refractivity (Wildman–Crippen MR) is 77.9 cm³/mol. The number of rotatable bonds is 3. The predicted octanol–water partition coefficient (Wildman–Crippen LogP) is 1.52. The zero-order valence-electron chi connectivity index (χ0n) is 12.5. The Morgan fingerprint density at radius 3 is 2.77 bits per heavy atom. The molecule has 1 aromatic rings. The lowest BCUT2D eigenvalue weighted by atomic mass is 9.78. The third-order valence-corrected chi connectivity index (χ3v) is 4.94. The maximum atomic E-state index is 12.7. The van der Waals surface area contributed by atoms with Crippen molar-refractivity contribution in [2.75, 3.05) is 7.11 Å². The van der Waals surface area contributed by atoms with Gasteiger partial charge in [-0.1, -0.05) is 30.4 Å². The minimum Gasteiger partial charge on any atom is -0.496 e. The SMILES string of the molecule is COc1ccccc1CN1C(=O)[C@H]2[C@H]3C=C[C@@](C)(O3)[C@H]2C1=O. The van der Waals surface area contributed by atoms with Crippen LogP contribution in [-0.2, 0) is 20.9 Å². The van der Waals surface area contributed by atoms with Crippen LogP contribution in [0.1, 0.15) is 12.5 Å². The smallest absolute Gasteiger partial charge is 0.236 e. The third-order valence-electron chi connectivity index (χ3n) is 4.94. The van der Waals surface area contributed by atoms with Crippen molar-refractivity contribution in [2.45, 2.75) is 25.2 Å². The van der Waals surface area contributed by atoms with Crippen molar-refractivity contribution in [2.24, 2.45) is 11.8 Å². The van der Waals surface area contributed by atoms with Crippen LogP contribution in [0.5, 0.6) is 5.75 Å². The van der Waals surface area contributed by atoms with Gasteiger partial charge in [0.05, 0.1) is 37.2 Å². The van der Waals surface area contributed by atoms with Gasteiger partial charge in [0, 0.05) is 5.56 Å². The van der Waals surface area contributed by atoms with Gasteiger partial charge in [-0.15, -0.1) is 0 Å². The van der Waals surface area contributed by atoms with Gasteiger partial charge in [0.2, 0.25) is 11.8 Å². The number of benzene rings is 1. The molecule has 2 amide bonds. The van der Waals surface area contributed by atoms with Crippen molar-refractivity contribution in [1.82, 2.24) is 4.90 Å². The van der Waals surface area contributed by atoms with E-state index in [1.54, 1.807) is 7.11 Å². The van der Waals surface area contributed by atoms with Crippen molar-refractivity contribution >= 4 is 11.8 Å². The van der Waals surface area contributed by atoms with Crippen molar-refractivity contribution in [3.05, 3.63) is 42.0 Å². The molecule has 2 fully saturated rings. The molecule has 3 heterocycles. The van der Waals surface area contributed by atoms with Gasteiger partial charge in [0.25, 0.3) is 0 Å². The first kappa shape index (κ1) is 13.5. The van der Waals surface area contributed by atoms with E-state index in [2.05, 4.69) is 0 Å². The highest BCUT2D eigenvalue weighted by Crippen LogP contribution is 2.51. The van der Waals surface area contributed by atoms with Crippen molar-refractivity contribution < 1.29 is 19.1 Å². The van der Waals surface area contributed by atoms with Crippen LogP contribution in [0.2, 0.25) is 0 Å². The van der Waals surface area contributed by atoms with Crippen LogP contribution in [0.15, 0.2) is 36.4 Å². The Morgan fingerprint density at radius 1 is 1.27 bits per heavy atom. The summed E-state index contributed by atoms with van der Waals surface area (Å²) in [5.74, 6) is -0.375. The fraction of sp³-hybridized carbons (Fsp3) is 0.412. The van der Waals surface area contributed by atoms with Crippen LogP contribution in [0.4, 0.5) is 0 Å². The monoisotopic (exact) mass is 299 g/mol. The van der Waals surface area contributed by atoms with Gasteiger partial charge in [0.15, 0.2) is 0 Å². The van der Waals surface area contributed by atoms with Crippen molar-refractivity contribution in [3.63, 3.8) is 0 Å². The van der Waals surface area contributed by atoms with Gasteiger partial charge in [-0.2, -0.15) is 0 Å². The van der Waals surface area contributed by atoms with Gasteiger partial charge in [-0.05, 0) is 13.0 Å². The number of hydrogen-bond donors (Lipinski definition) is 0. The van der Waals surface area contributed by atoms with Crippen LogP contribution < -0.4 is 4.74 Å². The molecule has 2 bridgehead atoms. The highest BCUT2D eigenvalue weighted by atomic mass is 16.5. The van der Waals surface area contributed by atoms with E-state index in [0.717, 1.165) is 5.56 Å². The number of amides is 2. The Kier molecular flexibility index (Phi) is 2.72. The van der Waals surface area contributed by atoms with Gasteiger partial charge < -0.3 is 9.47 Å². The third kappa shape index (κ3) is 1.63. The summed E-state index contributed by atoms with van der Waals surface area (Å²) in [5, 5.41) is 0. The number of imide groups is 1. The number of ether oxygens (including phenoxy) is 2. The van der Waals surface area contributed by atoms with E-state index >= 15 is 0 Å². The fourth-order valence-electron chi connectivity index (χ4n) is 3.87. The highest BCUT2D eigenvalue weighted by molar-refractivity contribution is 6.07. The van der Waals surface area contributed by atoms with Crippen LogP contribution in [0.25, 0.3) is 0 Å². The molecular formula is C17H17NO4. The second-order valence-electron chi connectivity index (χ2n) is 6.20. The number of para-hydroxylation sites is 1. The lowest BCUT2D eigenvalue weighted by molar-refractivity contribution is -0.144. The molecule has 5 heteroatoms. The molecule has 5 nitrogen and oxygen atoms in total. The lowest BCUT2D eigenvalue weighted by Gasteiger charge is -2.24. The maximum absolute atomic E-state index is 12.7. The lowest BCUT2D eigenvalue weighted by Crippen LogP contribution is -2.38. The fourth-order valence-corrected chi connectivity index (χ4v) is 3.87. The minimum atomic E-state index is -0.641. The van der Waals surface area contributed by atoms with E-state index in [-0.39, 0.29) is 30.4 Å².